The summed E-state index contributed by atoms with van der Waals surface area (Å²) in [5.41, 5.74) is 0.772. The summed E-state index contributed by atoms with van der Waals surface area (Å²) >= 11 is 1.49. The standard InChI is InChI=1S/C16H17NO3S/c1-17(9-8-14(19)15-7-4-10-21-15)16(20)13-6-3-2-5-12(13)11-18/h2-7,10-11,14,19H,8-9H2,1H3. The van der Waals surface area contributed by atoms with Gasteiger partial charge in [0.25, 0.3) is 5.91 Å². The minimum Gasteiger partial charge on any atom is -0.388 e. The van der Waals surface area contributed by atoms with Crippen LogP contribution in [0.3, 0.4) is 0 Å². The summed E-state index contributed by atoms with van der Waals surface area (Å²) in [6, 6.07) is 10.5. The fourth-order valence-corrected chi connectivity index (χ4v) is 2.79. The first-order valence-corrected chi connectivity index (χ1v) is 7.52. The number of carbonyl (C=O) groups excluding carboxylic acids is 2. The number of hydrogen-bond donors (Lipinski definition) is 1. The average molecular weight is 303 g/mol. The molecular weight excluding hydrogens is 286 g/mol. The van der Waals surface area contributed by atoms with Gasteiger partial charge in [-0.05, 0) is 23.9 Å². The fraction of sp³-hybridized carbons (Fsp3) is 0.250. The molecule has 0 radical (unpaired) electrons. The summed E-state index contributed by atoms with van der Waals surface area (Å²) in [5.74, 6) is -0.212. The van der Waals surface area contributed by atoms with E-state index in [1.165, 1.54) is 16.2 Å². The molecule has 1 N–H and O–H groups in total. The summed E-state index contributed by atoms with van der Waals surface area (Å²) in [7, 11) is 1.67. The van der Waals surface area contributed by atoms with Gasteiger partial charge in [-0.15, -0.1) is 11.3 Å². The second-order valence-corrected chi connectivity index (χ2v) is 5.73. The third-order valence-corrected chi connectivity index (χ3v) is 4.25. The normalized spacial score (nSPS) is 11.9. The number of rotatable bonds is 6. The first-order chi connectivity index (χ1) is 10.1. The molecule has 4 nitrogen and oxygen atoms in total. The van der Waals surface area contributed by atoms with Gasteiger partial charge in [-0.2, -0.15) is 0 Å². The van der Waals surface area contributed by atoms with Gasteiger partial charge in [-0.25, -0.2) is 0 Å². The highest BCUT2D eigenvalue weighted by molar-refractivity contribution is 7.10. The predicted octanol–water partition coefficient (Wildman–Crippen LogP) is 2.76. The molecule has 0 fully saturated rings. The Morgan fingerprint density at radius 1 is 1.33 bits per heavy atom. The van der Waals surface area contributed by atoms with Gasteiger partial charge in [0.2, 0.25) is 0 Å². The Hall–Kier alpha value is -1.98. The number of carbonyl (C=O) groups is 2. The van der Waals surface area contributed by atoms with Crippen LogP contribution in [-0.4, -0.2) is 35.8 Å². The highest BCUT2D eigenvalue weighted by Crippen LogP contribution is 2.22. The molecule has 110 valence electrons. The van der Waals surface area contributed by atoms with E-state index in [-0.39, 0.29) is 5.91 Å². The van der Waals surface area contributed by atoms with Crippen LogP contribution in [0.15, 0.2) is 41.8 Å². The maximum atomic E-state index is 12.3. The molecule has 1 atom stereocenters. The van der Waals surface area contributed by atoms with Crippen LogP contribution in [0.4, 0.5) is 0 Å². The molecule has 0 bridgehead atoms. The van der Waals surface area contributed by atoms with Gasteiger partial charge in [0.1, 0.15) is 0 Å². The predicted molar refractivity (Wildman–Crippen MR) is 82.7 cm³/mol. The number of benzene rings is 1. The van der Waals surface area contributed by atoms with Crippen molar-refractivity contribution in [2.24, 2.45) is 0 Å². The van der Waals surface area contributed by atoms with Crippen LogP contribution in [0.5, 0.6) is 0 Å². The zero-order valence-corrected chi connectivity index (χ0v) is 12.5. The highest BCUT2D eigenvalue weighted by atomic mass is 32.1. The van der Waals surface area contributed by atoms with Gasteiger partial charge in [0.05, 0.1) is 11.7 Å². The van der Waals surface area contributed by atoms with Crippen molar-refractivity contribution in [1.29, 1.82) is 0 Å². The molecule has 2 aromatic rings. The van der Waals surface area contributed by atoms with Crippen molar-refractivity contribution in [3.05, 3.63) is 57.8 Å². The first-order valence-electron chi connectivity index (χ1n) is 6.64. The van der Waals surface area contributed by atoms with Crippen molar-refractivity contribution in [2.75, 3.05) is 13.6 Å². The monoisotopic (exact) mass is 303 g/mol. The van der Waals surface area contributed by atoms with Gasteiger partial charge >= 0.3 is 0 Å². The Morgan fingerprint density at radius 2 is 2.10 bits per heavy atom. The van der Waals surface area contributed by atoms with Gasteiger partial charge in [0, 0.05) is 24.0 Å². The van der Waals surface area contributed by atoms with E-state index in [9.17, 15) is 14.7 Å². The lowest BCUT2D eigenvalue weighted by atomic mass is 10.1. The SMILES string of the molecule is CN(CCC(O)c1cccs1)C(=O)c1ccccc1C=O. The van der Waals surface area contributed by atoms with Crippen LogP contribution < -0.4 is 0 Å². The molecule has 0 saturated heterocycles. The van der Waals surface area contributed by atoms with Crippen molar-refractivity contribution in [1.82, 2.24) is 4.90 Å². The molecule has 1 aromatic carbocycles. The lowest BCUT2D eigenvalue weighted by Crippen LogP contribution is -2.29. The second-order valence-electron chi connectivity index (χ2n) is 4.75. The van der Waals surface area contributed by atoms with E-state index in [0.717, 1.165) is 4.88 Å². The zero-order valence-electron chi connectivity index (χ0n) is 11.7. The largest absolute Gasteiger partial charge is 0.388 e. The quantitative estimate of drug-likeness (QED) is 0.835. The van der Waals surface area contributed by atoms with Gasteiger partial charge in [-0.3, -0.25) is 9.59 Å². The van der Waals surface area contributed by atoms with Crippen LogP contribution >= 0.6 is 11.3 Å². The minimum absolute atomic E-state index is 0.212. The van der Waals surface area contributed by atoms with Crippen molar-refractivity contribution in [2.45, 2.75) is 12.5 Å². The van der Waals surface area contributed by atoms with E-state index >= 15 is 0 Å². The molecule has 2 rings (SSSR count). The van der Waals surface area contributed by atoms with Crippen molar-refractivity contribution in [3.8, 4) is 0 Å². The Labute approximate surface area is 127 Å². The van der Waals surface area contributed by atoms with Crippen LogP contribution in [0.2, 0.25) is 0 Å². The van der Waals surface area contributed by atoms with Gasteiger partial charge in [0.15, 0.2) is 6.29 Å². The van der Waals surface area contributed by atoms with Crippen LogP contribution in [0.25, 0.3) is 0 Å². The Balaban J connectivity index is 1.98. The zero-order chi connectivity index (χ0) is 15.2. The summed E-state index contributed by atoms with van der Waals surface area (Å²) in [6.07, 6.45) is 0.578. The molecule has 21 heavy (non-hydrogen) atoms. The smallest absolute Gasteiger partial charge is 0.254 e. The lowest BCUT2D eigenvalue weighted by molar-refractivity contribution is 0.0760. The summed E-state index contributed by atoms with van der Waals surface area (Å²) in [6.45, 7) is 0.422. The second kappa shape index (κ2) is 7.15. The number of hydrogen-bond acceptors (Lipinski definition) is 4. The molecule has 1 unspecified atom stereocenters. The fourth-order valence-electron chi connectivity index (χ4n) is 2.04. The Morgan fingerprint density at radius 3 is 2.76 bits per heavy atom. The number of nitrogens with zero attached hydrogens (tertiary/aromatic N) is 1. The van der Waals surface area contributed by atoms with Crippen molar-refractivity contribution < 1.29 is 14.7 Å². The summed E-state index contributed by atoms with van der Waals surface area (Å²) < 4.78 is 0. The average Bonchev–Trinajstić information content (AvgIpc) is 3.06. The van der Waals surface area contributed by atoms with Crippen LogP contribution in [-0.2, 0) is 0 Å². The molecule has 0 saturated carbocycles. The summed E-state index contributed by atoms with van der Waals surface area (Å²) in [4.78, 5) is 25.7. The molecule has 1 aromatic heterocycles. The van der Waals surface area contributed by atoms with E-state index in [2.05, 4.69) is 0 Å². The van der Waals surface area contributed by atoms with E-state index in [4.69, 9.17) is 0 Å². The van der Waals surface area contributed by atoms with Gasteiger partial charge < -0.3 is 10.0 Å². The number of thiophene rings is 1. The molecule has 0 aliphatic carbocycles. The van der Waals surface area contributed by atoms with Crippen molar-refractivity contribution in [3.63, 3.8) is 0 Å². The molecule has 1 amide bonds. The Kier molecular flexibility index (Phi) is 5.25. The Bertz CT molecular complexity index is 610. The molecule has 0 spiro atoms. The van der Waals surface area contributed by atoms with E-state index in [1.807, 2.05) is 17.5 Å². The first kappa shape index (κ1) is 15.4. The third kappa shape index (κ3) is 3.77. The topological polar surface area (TPSA) is 57.6 Å². The molecular formula is C16H17NO3S. The summed E-state index contributed by atoms with van der Waals surface area (Å²) in [5, 5.41) is 11.9. The molecule has 0 aliphatic heterocycles. The number of aliphatic hydroxyl groups is 1. The highest BCUT2D eigenvalue weighted by Gasteiger charge is 2.17. The maximum absolute atomic E-state index is 12.3. The number of aldehydes is 1. The molecule has 0 aliphatic rings. The van der Waals surface area contributed by atoms with Crippen LogP contribution in [0.1, 0.15) is 38.1 Å². The van der Waals surface area contributed by atoms with E-state index < -0.39 is 6.10 Å². The van der Waals surface area contributed by atoms with Crippen LogP contribution in [0, 0.1) is 0 Å². The van der Waals surface area contributed by atoms with Gasteiger partial charge in [-0.1, -0.05) is 24.3 Å². The number of amides is 1. The minimum atomic E-state index is -0.568. The number of aliphatic hydroxyl groups excluding tert-OH is 1. The maximum Gasteiger partial charge on any atom is 0.254 e. The third-order valence-electron chi connectivity index (χ3n) is 3.27. The van der Waals surface area contributed by atoms with E-state index in [1.54, 1.807) is 31.3 Å². The van der Waals surface area contributed by atoms with E-state index in [0.29, 0.717) is 30.4 Å². The van der Waals surface area contributed by atoms with Crippen molar-refractivity contribution >= 4 is 23.5 Å². The lowest BCUT2D eigenvalue weighted by Gasteiger charge is -2.19. The molecule has 5 heteroatoms. The molecule has 1 heterocycles.